The first-order valence-corrected chi connectivity index (χ1v) is 5.57. The average molecular weight is 246 g/mol. The van der Waals surface area contributed by atoms with Crippen LogP contribution in [0.15, 0.2) is 30.6 Å². The highest BCUT2D eigenvalue weighted by molar-refractivity contribution is 6.03. The minimum absolute atomic E-state index is 0.0285. The van der Waals surface area contributed by atoms with Crippen LogP contribution in [0.2, 0.25) is 0 Å². The van der Waals surface area contributed by atoms with Crippen LogP contribution >= 0.6 is 0 Å². The molecule has 0 aromatic carbocycles. The quantitative estimate of drug-likeness (QED) is 0.837. The molecule has 0 radical (unpaired) electrons. The van der Waals surface area contributed by atoms with E-state index in [1.807, 2.05) is 6.92 Å². The van der Waals surface area contributed by atoms with Gasteiger partial charge in [-0.05, 0) is 19.1 Å². The van der Waals surface area contributed by atoms with Gasteiger partial charge >= 0.3 is 0 Å². The van der Waals surface area contributed by atoms with E-state index in [1.165, 1.54) is 0 Å². The highest BCUT2D eigenvalue weighted by Gasteiger charge is 2.10. The van der Waals surface area contributed by atoms with E-state index in [1.54, 1.807) is 35.3 Å². The van der Waals surface area contributed by atoms with E-state index < -0.39 is 0 Å². The van der Waals surface area contributed by atoms with E-state index in [2.05, 4.69) is 15.4 Å². The number of nitrogens with one attached hydrogen (secondary N) is 1. The molecule has 0 spiro atoms. The summed E-state index contributed by atoms with van der Waals surface area (Å²) in [5.74, 6) is 0.347. The van der Waals surface area contributed by atoms with E-state index in [0.717, 1.165) is 5.69 Å². The summed E-state index contributed by atoms with van der Waals surface area (Å²) in [4.78, 5) is 15.8. The number of aromatic nitrogens is 3. The van der Waals surface area contributed by atoms with Crippen LogP contribution in [0.3, 0.4) is 0 Å². The molecule has 0 aliphatic rings. The summed E-state index contributed by atoms with van der Waals surface area (Å²) in [6.45, 7) is 2.15. The molecule has 0 fully saturated rings. The van der Waals surface area contributed by atoms with Gasteiger partial charge in [-0.15, -0.1) is 0 Å². The van der Waals surface area contributed by atoms with Crippen molar-refractivity contribution in [3.8, 4) is 0 Å². The van der Waals surface area contributed by atoms with Gasteiger partial charge in [-0.25, -0.2) is 4.68 Å². The first-order valence-electron chi connectivity index (χ1n) is 5.57. The Morgan fingerprint density at radius 1 is 1.44 bits per heavy atom. The summed E-state index contributed by atoms with van der Waals surface area (Å²) in [6, 6.07) is 5.03. The van der Waals surface area contributed by atoms with Gasteiger partial charge < -0.3 is 10.4 Å². The summed E-state index contributed by atoms with van der Waals surface area (Å²) in [7, 11) is 0. The van der Waals surface area contributed by atoms with Gasteiger partial charge in [-0.1, -0.05) is 0 Å². The fourth-order valence-corrected chi connectivity index (χ4v) is 1.60. The lowest BCUT2D eigenvalue weighted by molar-refractivity contribution is 0.102. The van der Waals surface area contributed by atoms with Crippen molar-refractivity contribution in [3.63, 3.8) is 0 Å². The number of carbonyl (C=O) groups is 1. The Labute approximate surface area is 104 Å². The third-order valence-electron chi connectivity index (χ3n) is 2.40. The SMILES string of the molecule is Cc1cc(NC(=O)c2ccncc2)n(CCO)n1. The number of hydrogen-bond acceptors (Lipinski definition) is 4. The predicted octanol–water partition coefficient (Wildman–Crippen LogP) is 0.831. The number of pyridine rings is 1. The molecule has 2 aromatic rings. The highest BCUT2D eigenvalue weighted by atomic mass is 16.3. The molecule has 2 aromatic heterocycles. The molecule has 0 atom stereocenters. The first kappa shape index (κ1) is 12.3. The van der Waals surface area contributed by atoms with Crippen molar-refractivity contribution in [2.45, 2.75) is 13.5 Å². The normalized spacial score (nSPS) is 10.3. The van der Waals surface area contributed by atoms with Gasteiger partial charge in [0.2, 0.25) is 0 Å². The smallest absolute Gasteiger partial charge is 0.256 e. The second-order valence-electron chi connectivity index (χ2n) is 3.81. The van der Waals surface area contributed by atoms with Gasteiger partial charge in [0.15, 0.2) is 0 Å². The molecule has 6 heteroatoms. The van der Waals surface area contributed by atoms with Crippen LogP contribution in [0.25, 0.3) is 0 Å². The van der Waals surface area contributed by atoms with Crippen molar-refractivity contribution < 1.29 is 9.90 Å². The van der Waals surface area contributed by atoms with Gasteiger partial charge in [-0.2, -0.15) is 5.10 Å². The molecular weight excluding hydrogens is 232 g/mol. The molecule has 2 N–H and O–H groups in total. The van der Waals surface area contributed by atoms with Crippen molar-refractivity contribution >= 4 is 11.7 Å². The van der Waals surface area contributed by atoms with Crippen LogP contribution in [-0.4, -0.2) is 32.4 Å². The Balaban J connectivity index is 2.16. The van der Waals surface area contributed by atoms with Gasteiger partial charge in [0, 0.05) is 24.0 Å². The minimum atomic E-state index is -0.225. The van der Waals surface area contributed by atoms with Crippen LogP contribution in [0, 0.1) is 6.92 Å². The summed E-state index contributed by atoms with van der Waals surface area (Å²) in [5.41, 5.74) is 1.31. The largest absolute Gasteiger partial charge is 0.394 e. The Hall–Kier alpha value is -2.21. The van der Waals surface area contributed by atoms with E-state index in [4.69, 9.17) is 5.11 Å². The zero-order valence-corrected chi connectivity index (χ0v) is 10.00. The highest BCUT2D eigenvalue weighted by Crippen LogP contribution is 2.11. The molecule has 0 bridgehead atoms. The molecule has 0 unspecified atom stereocenters. The molecule has 2 rings (SSSR count). The lowest BCUT2D eigenvalue weighted by atomic mass is 10.2. The number of amides is 1. The Morgan fingerprint density at radius 2 is 2.17 bits per heavy atom. The lowest BCUT2D eigenvalue weighted by Crippen LogP contribution is -2.16. The molecule has 94 valence electrons. The maximum atomic E-state index is 11.9. The molecule has 0 aliphatic carbocycles. The van der Waals surface area contributed by atoms with Gasteiger partial charge in [0.25, 0.3) is 5.91 Å². The molecule has 2 heterocycles. The number of aliphatic hydroxyl groups is 1. The van der Waals surface area contributed by atoms with Crippen molar-refractivity contribution in [3.05, 3.63) is 41.9 Å². The first-order chi connectivity index (χ1) is 8.70. The standard InChI is InChI=1S/C12H14N4O2/c1-9-8-11(16(15-9)6-7-17)14-12(18)10-2-4-13-5-3-10/h2-5,8,17H,6-7H2,1H3,(H,14,18). The second kappa shape index (κ2) is 5.42. The zero-order chi connectivity index (χ0) is 13.0. The summed E-state index contributed by atoms with van der Waals surface area (Å²) < 4.78 is 1.56. The van der Waals surface area contributed by atoms with Crippen LogP contribution in [0.5, 0.6) is 0 Å². The number of aliphatic hydroxyl groups excluding tert-OH is 1. The third kappa shape index (κ3) is 2.72. The number of carbonyl (C=O) groups excluding carboxylic acids is 1. The van der Waals surface area contributed by atoms with E-state index in [-0.39, 0.29) is 12.5 Å². The maximum absolute atomic E-state index is 11.9. The Bertz CT molecular complexity index is 536. The summed E-state index contributed by atoms with van der Waals surface area (Å²) in [6.07, 6.45) is 3.12. The van der Waals surface area contributed by atoms with Crippen LogP contribution in [-0.2, 0) is 6.54 Å². The minimum Gasteiger partial charge on any atom is -0.394 e. The number of hydrogen-bond donors (Lipinski definition) is 2. The average Bonchev–Trinajstić information content (AvgIpc) is 2.71. The fourth-order valence-electron chi connectivity index (χ4n) is 1.60. The predicted molar refractivity (Wildman–Crippen MR) is 66.2 cm³/mol. The van der Waals surface area contributed by atoms with Crippen molar-refractivity contribution in [2.75, 3.05) is 11.9 Å². The molecule has 18 heavy (non-hydrogen) atoms. The molecule has 0 aliphatic heterocycles. The molecule has 0 saturated carbocycles. The number of nitrogens with zero attached hydrogens (tertiary/aromatic N) is 3. The Kier molecular flexibility index (Phi) is 3.69. The Morgan fingerprint density at radius 3 is 2.83 bits per heavy atom. The molecule has 1 amide bonds. The van der Waals surface area contributed by atoms with Gasteiger partial charge in [0.1, 0.15) is 5.82 Å². The monoisotopic (exact) mass is 246 g/mol. The molecule has 0 saturated heterocycles. The van der Waals surface area contributed by atoms with Crippen LogP contribution in [0.4, 0.5) is 5.82 Å². The maximum Gasteiger partial charge on any atom is 0.256 e. The van der Waals surface area contributed by atoms with Gasteiger partial charge in [-0.3, -0.25) is 9.78 Å². The second-order valence-corrected chi connectivity index (χ2v) is 3.81. The van der Waals surface area contributed by atoms with E-state index in [0.29, 0.717) is 17.9 Å². The number of anilines is 1. The number of aryl methyl sites for hydroxylation is 1. The molecule has 6 nitrogen and oxygen atoms in total. The fraction of sp³-hybridized carbons (Fsp3) is 0.250. The topological polar surface area (TPSA) is 80.0 Å². The number of rotatable bonds is 4. The molecular formula is C12H14N4O2. The van der Waals surface area contributed by atoms with E-state index >= 15 is 0 Å². The third-order valence-corrected chi connectivity index (χ3v) is 2.40. The van der Waals surface area contributed by atoms with Crippen LogP contribution in [0.1, 0.15) is 16.1 Å². The van der Waals surface area contributed by atoms with Crippen LogP contribution < -0.4 is 5.32 Å². The van der Waals surface area contributed by atoms with Crippen molar-refractivity contribution in [1.82, 2.24) is 14.8 Å². The summed E-state index contributed by atoms with van der Waals surface area (Å²) >= 11 is 0. The van der Waals surface area contributed by atoms with Crippen molar-refractivity contribution in [1.29, 1.82) is 0 Å². The zero-order valence-electron chi connectivity index (χ0n) is 10.00. The lowest BCUT2D eigenvalue weighted by Gasteiger charge is -2.07. The van der Waals surface area contributed by atoms with Crippen molar-refractivity contribution in [2.24, 2.45) is 0 Å². The van der Waals surface area contributed by atoms with E-state index in [9.17, 15) is 4.79 Å². The summed E-state index contributed by atoms with van der Waals surface area (Å²) in [5, 5.41) is 15.9. The van der Waals surface area contributed by atoms with Gasteiger partial charge in [0.05, 0.1) is 18.8 Å².